The molecule has 0 spiro atoms. The van der Waals surface area contributed by atoms with Crippen molar-refractivity contribution in [2.75, 3.05) is 39.3 Å². The zero-order valence-electron chi connectivity index (χ0n) is 51.0. The van der Waals surface area contributed by atoms with Gasteiger partial charge < -0.3 is 24.0 Å². The van der Waals surface area contributed by atoms with Gasteiger partial charge in [0.15, 0.2) is 0 Å². The minimum absolute atomic E-state index is 0.000323. The van der Waals surface area contributed by atoms with E-state index < -0.39 is 0 Å². The number of unbranched alkanes of at least 4 members (excludes halogenated alkanes) is 21. The Morgan fingerprint density at radius 2 is 0.733 bits per heavy atom. The number of carbonyl (C=O) groups is 3. The van der Waals surface area contributed by atoms with Crippen molar-refractivity contribution in [2.24, 2.45) is 4.99 Å². The topological polar surface area (TPSA) is 97.7 Å². The molecule has 9 nitrogen and oxygen atoms in total. The van der Waals surface area contributed by atoms with E-state index in [-0.39, 0.29) is 36.2 Å². The molecule has 3 unspecified atom stereocenters. The van der Waals surface area contributed by atoms with Gasteiger partial charge in [-0.15, -0.1) is 0 Å². The van der Waals surface area contributed by atoms with Crippen LogP contribution in [-0.2, 0) is 28.6 Å². The molecule has 0 heterocycles. The van der Waals surface area contributed by atoms with Gasteiger partial charge in [0.05, 0.1) is 5.69 Å². The zero-order valence-corrected chi connectivity index (χ0v) is 51.0. The summed E-state index contributed by atoms with van der Waals surface area (Å²) in [6.45, 7) is 26.4. The summed E-state index contributed by atoms with van der Waals surface area (Å²) < 4.78 is 17.3. The number of nitrogens with zero attached hydrogens (tertiary/aromatic N) is 3. The van der Waals surface area contributed by atoms with Gasteiger partial charge in [0.25, 0.3) is 0 Å². The zero-order chi connectivity index (χ0) is 55.3. The highest BCUT2D eigenvalue weighted by Gasteiger charge is 2.15. The fraction of sp³-hybridized carbons (Fsp3) is 0.848. The molecule has 0 aliphatic heterocycles. The Bertz CT molecular complexity index is 1410. The molecule has 0 aliphatic carbocycles. The molecule has 3 atom stereocenters. The first-order chi connectivity index (χ1) is 36.6. The van der Waals surface area contributed by atoms with Crippen LogP contribution in [0.5, 0.6) is 0 Å². The van der Waals surface area contributed by atoms with Crippen LogP contribution in [0.3, 0.4) is 0 Å². The van der Waals surface area contributed by atoms with E-state index in [0.717, 1.165) is 102 Å². The number of benzene rings is 1. The van der Waals surface area contributed by atoms with E-state index in [4.69, 9.17) is 14.2 Å². The van der Waals surface area contributed by atoms with Crippen molar-refractivity contribution >= 4 is 29.8 Å². The Morgan fingerprint density at radius 1 is 0.413 bits per heavy atom. The quantitative estimate of drug-likeness (QED) is 0.0275. The van der Waals surface area contributed by atoms with Crippen LogP contribution in [0.4, 0.5) is 5.69 Å². The van der Waals surface area contributed by atoms with Gasteiger partial charge in [0.1, 0.15) is 18.3 Å². The molecule has 1 rings (SSSR count). The van der Waals surface area contributed by atoms with Crippen LogP contribution in [0.15, 0.2) is 29.3 Å². The van der Waals surface area contributed by atoms with Gasteiger partial charge in [-0.25, -0.2) is 0 Å². The van der Waals surface area contributed by atoms with Crippen LogP contribution in [0.25, 0.3) is 0 Å². The molecule has 0 bridgehead atoms. The Labute approximate surface area is 465 Å². The predicted octanol–water partition coefficient (Wildman–Crippen LogP) is 19.0. The molecule has 0 aromatic heterocycles. The molecular formula is C66H123N3O6. The summed E-state index contributed by atoms with van der Waals surface area (Å²) in [7, 11) is 0. The summed E-state index contributed by atoms with van der Waals surface area (Å²) >= 11 is 0. The largest absolute Gasteiger partial charge is 0.462 e. The summed E-state index contributed by atoms with van der Waals surface area (Å²) in [5.74, 6) is 0.00364. The van der Waals surface area contributed by atoms with Gasteiger partial charge in [-0.1, -0.05) is 182 Å². The summed E-state index contributed by atoms with van der Waals surface area (Å²) in [6.07, 6.45) is 43.9. The normalized spacial score (nSPS) is 12.7. The van der Waals surface area contributed by atoms with Crippen LogP contribution in [0, 0.1) is 6.92 Å². The van der Waals surface area contributed by atoms with Crippen LogP contribution >= 0.6 is 0 Å². The highest BCUT2D eigenvalue weighted by atomic mass is 16.6. The average Bonchev–Trinajstić information content (AvgIpc) is 3.40. The molecule has 75 heavy (non-hydrogen) atoms. The van der Waals surface area contributed by atoms with E-state index in [0.29, 0.717) is 19.3 Å². The van der Waals surface area contributed by atoms with Crippen molar-refractivity contribution in [1.29, 1.82) is 0 Å². The lowest BCUT2D eigenvalue weighted by Gasteiger charge is -2.26. The molecule has 0 saturated carbocycles. The minimum atomic E-state index is 0.000323. The molecule has 1 aromatic rings. The maximum absolute atomic E-state index is 12.4. The number of carbonyl (C=O) groups excluding carboxylic acids is 3. The van der Waals surface area contributed by atoms with E-state index in [1.165, 1.54) is 173 Å². The second kappa shape index (κ2) is 54.6. The first-order valence-electron chi connectivity index (χ1n) is 32.2. The van der Waals surface area contributed by atoms with E-state index >= 15 is 0 Å². The molecule has 0 aliphatic rings. The molecule has 0 saturated heterocycles. The highest BCUT2D eigenvalue weighted by molar-refractivity contribution is 5.70. The van der Waals surface area contributed by atoms with Crippen LogP contribution < -0.4 is 0 Å². The number of aliphatic imine (C=N–C) groups is 1. The second-order valence-corrected chi connectivity index (χ2v) is 21.9. The lowest BCUT2D eigenvalue weighted by Crippen LogP contribution is -2.32. The highest BCUT2D eigenvalue weighted by Crippen LogP contribution is 2.19. The summed E-state index contributed by atoms with van der Waals surface area (Å²) in [4.78, 5) is 46.8. The molecular weight excluding hydrogens is 931 g/mol. The van der Waals surface area contributed by atoms with Crippen molar-refractivity contribution in [3.05, 3.63) is 29.8 Å². The molecule has 438 valence electrons. The van der Waals surface area contributed by atoms with Gasteiger partial charge in [-0.2, -0.15) is 0 Å². The summed E-state index contributed by atoms with van der Waals surface area (Å²) in [5, 5.41) is 0. The van der Waals surface area contributed by atoms with Crippen molar-refractivity contribution < 1.29 is 28.6 Å². The standard InChI is InChI=1S/C57H112N2O6.C9H11N/c1-8-15-30-40-52(12-5)63-55(60)43-33-24-18-21-27-36-47-58(46-11-4)50-39-51-59(48-37-28-22-19-25-34-44-56(61)64-53(13-6)41-31-16-9-2)49-38-29-23-20-26-35-45-57(62)65-54(14-7)42-32-17-10-3;1-3-10-9-7-5-4-6-8(9)2/h52-54H,8-51H2,1-7H3;3-7H,1-2H3. The molecule has 0 radical (unpaired) electrons. The lowest BCUT2D eigenvalue weighted by molar-refractivity contribution is -0.150. The number of para-hydroxylation sites is 1. The first-order valence-corrected chi connectivity index (χ1v) is 32.2. The van der Waals surface area contributed by atoms with E-state index in [1.807, 2.05) is 31.3 Å². The number of aryl methyl sites for hydroxylation is 1. The van der Waals surface area contributed by atoms with E-state index in [2.05, 4.69) is 76.2 Å². The Kier molecular flexibility index (Phi) is 52.5. The third-order valence-corrected chi connectivity index (χ3v) is 14.8. The third-order valence-electron chi connectivity index (χ3n) is 14.8. The SMILES string of the molecule is CC=Nc1ccccc1C.CCCCCC(CC)OC(=O)CCCCCCCCN(CCC)CCCN(CCCCCCCCC(=O)OC(CC)CCCCC)CCCCCCCCC(=O)OC(CC)CCCCC. The van der Waals surface area contributed by atoms with Gasteiger partial charge >= 0.3 is 17.9 Å². The molecule has 1 aromatic carbocycles. The molecule has 0 N–H and O–H groups in total. The maximum Gasteiger partial charge on any atom is 0.306 e. The molecule has 9 heteroatoms. The van der Waals surface area contributed by atoms with Crippen LogP contribution in [0.1, 0.15) is 305 Å². The number of ether oxygens (including phenoxy) is 3. The summed E-state index contributed by atoms with van der Waals surface area (Å²) in [6, 6.07) is 8.08. The third kappa shape index (κ3) is 45.9. The van der Waals surface area contributed by atoms with E-state index in [1.54, 1.807) is 0 Å². The second-order valence-electron chi connectivity index (χ2n) is 21.9. The number of esters is 3. The van der Waals surface area contributed by atoms with Crippen molar-refractivity contribution in [2.45, 2.75) is 325 Å². The Balaban J connectivity index is 0.00000485. The Hall–Kier alpha value is -2.78. The number of rotatable bonds is 52. The van der Waals surface area contributed by atoms with Gasteiger partial charge in [0, 0.05) is 25.5 Å². The Morgan fingerprint density at radius 3 is 1.05 bits per heavy atom. The fourth-order valence-corrected chi connectivity index (χ4v) is 9.93. The fourth-order valence-electron chi connectivity index (χ4n) is 9.93. The maximum atomic E-state index is 12.4. The minimum Gasteiger partial charge on any atom is -0.462 e. The van der Waals surface area contributed by atoms with Crippen molar-refractivity contribution in [3.8, 4) is 0 Å². The van der Waals surface area contributed by atoms with Crippen LogP contribution in [-0.4, -0.2) is 91.5 Å². The monoisotopic (exact) mass is 1050 g/mol. The average molecular weight is 1050 g/mol. The van der Waals surface area contributed by atoms with Crippen molar-refractivity contribution in [1.82, 2.24) is 9.80 Å². The summed E-state index contributed by atoms with van der Waals surface area (Å²) in [5.41, 5.74) is 2.28. The number of hydrogen-bond acceptors (Lipinski definition) is 9. The van der Waals surface area contributed by atoms with Crippen molar-refractivity contribution in [3.63, 3.8) is 0 Å². The van der Waals surface area contributed by atoms with E-state index in [9.17, 15) is 14.4 Å². The predicted molar refractivity (Wildman–Crippen MR) is 323 cm³/mol. The first kappa shape index (κ1) is 72.2. The number of hydrogen-bond donors (Lipinski definition) is 0. The smallest absolute Gasteiger partial charge is 0.306 e. The van der Waals surface area contributed by atoms with Gasteiger partial charge in [0.2, 0.25) is 0 Å². The molecule has 0 fully saturated rings. The van der Waals surface area contributed by atoms with Gasteiger partial charge in [-0.05, 0) is 174 Å². The molecule has 0 amide bonds. The van der Waals surface area contributed by atoms with Crippen LogP contribution in [0.2, 0.25) is 0 Å². The van der Waals surface area contributed by atoms with Gasteiger partial charge in [-0.3, -0.25) is 19.4 Å². The lowest BCUT2D eigenvalue weighted by atomic mass is 10.1.